The van der Waals surface area contributed by atoms with E-state index in [0.29, 0.717) is 34.3 Å². The molecule has 166 valence electrons. The monoisotopic (exact) mass is 463 g/mol. The van der Waals surface area contributed by atoms with Crippen molar-refractivity contribution in [1.82, 2.24) is 10.1 Å². The molecule has 0 bridgehead atoms. The fourth-order valence-corrected chi connectivity index (χ4v) is 4.67. The average Bonchev–Trinajstić information content (AvgIpc) is 3.52. The van der Waals surface area contributed by atoms with Crippen LogP contribution < -0.4 is 14.4 Å². The topological polar surface area (TPSA) is 97.8 Å². The van der Waals surface area contributed by atoms with Crippen molar-refractivity contribution in [1.29, 1.82) is 0 Å². The Hall–Kier alpha value is -3.92. The standard InChI is InChI=1S/C23H19N4O5S/c1-30-15-9-7-14(8-10-15)27-22(28)20-17(11-12-33-20)26(23(27)29)13-19-24-21(25-32-19)16-5-3-4-6-18(16)31-2/h3-12,20H,13H2,1-2H3/q+1. The molecule has 2 aromatic carbocycles. The highest BCUT2D eigenvalue weighted by Gasteiger charge is 2.50. The zero-order chi connectivity index (χ0) is 22.9. The van der Waals surface area contributed by atoms with Gasteiger partial charge in [-0.15, -0.1) is 16.7 Å². The summed E-state index contributed by atoms with van der Waals surface area (Å²) in [4.78, 5) is 32.2. The van der Waals surface area contributed by atoms with E-state index in [0.717, 1.165) is 0 Å². The molecule has 0 aliphatic carbocycles. The number of nitrogens with zero attached hydrogens (tertiary/aromatic N) is 4. The van der Waals surface area contributed by atoms with Gasteiger partial charge in [0, 0.05) is 0 Å². The molecule has 1 atom stereocenters. The van der Waals surface area contributed by atoms with Gasteiger partial charge in [0.1, 0.15) is 22.9 Å². The first-order valence-corrected chi connectivity index (χ1v) is 11.0. The molecular weight excluding hydrogens is 444 g/mol. The van der Waals surface area contributed by atoms with Gasteiger partial charge in [0.15, 0.2) is 11.8 Å². The minimum atomic E-state index is -0.526. The van der Waals surface area contributed by atoms with Gasteiger partial charge in [-0.1, -0.05) is 17.3 Å². The van der Waals surface area contributed by atoms with Crippen molar-refractivity contribution in [3.63, 3.8) is 0 Å². The van der Waals surface area contributed by atoms with Crippen molar-refractivity contribution in [3.05, 3.63) is 65.9 Å². The summed E-state index contributed by atoms with van der Waals surface area (Å²) in [6.45, 7) is 0.0254. The largest absolute Gasteiger partial charge is 0.506 e. The Balaban J connectivity index is 1.48. The molecule has 5 rings (SSSR count). The van der Waals surface area contributed by atoms with Gasteiger partial charge in [0.2, 0.25) is 5.82 Å². The lowest BCUT2D eigenvalue weighted by atomic mass is 10.1. The predicted molar refractivity (Wildman–Crippen MR) is 122 cm³/mol. The van der Waals surface area contributed by atoms with Crippen LogP contribution in [0.4, 0.5) is 10.5 Å². The van der Waals surface area contributed by atoms with Crippen LogP contribution in [-0.2, 0) is 11.3 Å². The SMILES string of the molecule is COc1ccc(N2C(=O)C3SC=CC3=[N+](Cc3nc(-c4ccccc4OC)no3)C2=O)cc1. The molecule has 3 aromatic rings. The third-order valence-corrected chi connectivity index (χ3v) is 6.35. The summed E-state index contributed by atoms with van der Waals surface area (Å²) in [5.74, 6) is 1.54. The number of hydrogen-bond acceptors (Lipinski definition) is 8. The third kappa shape index (κ3) is 3.68. The molecule has 3 amide bonds. The highest BCUT2D eigenvalue weighted by atomic mass is 32.2. The van der Waals surface area contributed by atoms with E-state index in [1.807, 2.05) is 23.6 Å². The van der Waals surface area contributed by atoms with Crippen LogP contribution in [0.3, 0.4) is 0 Å². The minimum absolute atomic E-state index is 0.0254. The Kier molecular flexibility index (Phi) is 5.43. The van der Waals surface area contributed by atoms with Crippen LogP contribution in [0.5, 0.6) is 11.5 Å². The number of methoxy groups -OCH3 is 2. The molecule has 0 radical (unpaired) electrons. The van der Waals surface area contributed by atoms with Crippen LogP contribution in [0.15, 0.2) is 64.5 Å². The fraction of sp³-hybridized carbons (Fsp3) is 0.174. The first-order valence-electron chi connectivity index (χ1n) is 10.0. The number of anilines is 1. The number of amides is 3. The first kappa shape index (κ1) is 21.0. The van der Waals surface area contributed by atoms with Crippen LogP contribution in [-0.4, -0.2) is 51.8 Å². The molecule has 2 aliphatic heterocycles. The molecule has 3 heterocycles. The first-order chi connectivity index (χ1) is 16.1. The van der Waals surface area contributed by atoms with E-state index in [2.05, 4.69) is 10.1 Å². The molecule has 1 unspecified atom stereocenters. The van der Waals surface area contributed by atoms with Gasteiger partial charge in [-0.25, -0.2) is 4.79 Å². The van der Waals surface area contributed by atoms with Crippen LogP contribution in [0.25, 0.3) is 11.4 Å². The summed E-state index contributed by atoms with van der Waals surface area (Å²) in [7, 11) is 3.12. The molecule has 0 saturated heterocycles. The third-order valence-electron chi connectivity index (χ3n) is 5.34. The van der Waals surface area contributed by atoms with Crippen LogP contribution >= 0.6 is 11.8 Å². The normalized spacial score (nSPS) is 17.5. The Morgan fingerprint density at radius 3 is 2.64 bits per heavy atom. The lowest BCUT2D eigenvalue weighted by molar-refractivity contribution is -0.448. The van der Waals surface area contributed by atoms with Gasteiger partial charge >= 0.3 is 11.9 Å². The summed E-state index contributed by atoms with van der Waals surface area (Å²) in [5.41, 5.74) is 1.73. The van der Waals surface area contributed by atoms with Crippen LogP contribution in [0.1, 0.15) is 5.89 Å². The highest BCUT2D eigenvalue weighted by Crippen LogP contribution is 2.32. The molecule has 1 aromatic heterocycles. The van der Waals surface area contributed by atoms with Crippen molar-refractivity contribution in [2.24, 2.45) is 0 Å². The van der Waals surface area contributed by atoms with Crippen molar-refractivity contribution in [3.8, 4) is 22.9 Å². The maximum absolute atomic E-state index is 13.4. The number of hydrogen-bond donors (Lipinski definition) is 0. The summed E-state index contributed by atoms with van der Waals surface area (Å²) in [5, 5.41) is 5.33. The Labute approximate surface area is 193 Å². The predicted octanol–water partition coefficient (Wildman–Crippen LogP) is 3.50. The highest BCUT2D eigenvalue weighted by molar-refractivity contribution is 8.04. The van der Waals surface area contributed by atoms with Gasteiger partial charge in [-0.05, 0) is 47.9 Å². The van der Waals surface area contributed by atoms with Crippen molar-refractivity contribution in [2.75, 3.05) is 19.1 Å². The van der Waals surface area contributed by atoms with Crippen LogP contribution in [0, 0.1) is 0 Å². The molecule has 10 heteroatoms. The number of rotatable bonds is 6. The second-order valence-electron chi connectivity index (χ2n) is 7.20. The van der Waals surface area contributed by atoms with E-state index < -0.39 is 11.3 Å². The fourth-order valence-electron chi connectivity index (χ4n) is 3.72. The Bertz CT molecular complexity index is 1300. The van der Waals surface area contributed by atoms with Crippen molar-refractivity contribution in [2.45, 2.75) is 11.8 Å². The lowest BCUT2D eigenvalue weighted by Crippen LogP contribution is -2.55. The van der Waals surface area contributed by atoms with Gasteiger partial charge in [-0.3, -0.25) is 0 Å². The number of urea groups is 1. The van der Waals surface area contributed by atoms with Gasteiger partial charge in [-0.2, -0.15) is 14.4 Å². The van der Waals surface area contributed by atoms with Gasteiger partial charge in [0.05, 0.1) is 19.8 Å². The van der Waals surface area contributed by atoms with Crippen molar-refractivity contribution >= 4 is 35.1 Å². The number of ether oxygens (including phenoxy) is 2. The van der Waals surface area contributed by atoms with E-state index in [4.69, 9.17) is 14.0 Å². The number of thioether (sulfide) groups is 1. The van der Waals surface area contributed by atoms with E-state index in [1.54, 1.807) is 50.6 Å². The zero-order valence-electron chi connectivity index (χ0n) is 17.8. The number of fused-ring (bicyclic) bond motifs is 1. The van der Waals surface area contributed by atoms with E-state index in [9.17, 15) is 9.59 Å². The molecule has 0 saturated carbocycles. The number of aromatic nitrogens is 2. The number of allylic oxidation sites excluding steroid dienone is 1. The number of benzene rings is 2. The van der Waals surface area contributed by atoms with Gasteiger partial charge in [0.25, 0.3) is 5.89 Å². The van der Waals surface area contributed by atoms with Gasteiger partial charge < -0.3 is 14.0 Å². The Morgan fingerprint density at radius 2 is 1.88 bits per heavy atom. The van der Waals surface area contributed by atoms with Crippen molar-refractivity contribution < 1.29 is 28.2 Å². The maximum Gasteiger partial charge on any atom is 0.506 e. The zero-order valence-corrected chi connectivity index (χ0v) is 18.6. The lowest BCUT2D eigenvalue weighted by Gasteiger charge is -2.23. The molecule has 0 N–H and O–H groups in total. The molecule has 9 nitrogen and oxygen atoms in total. The summed E-state index contributed by atoms with van der Waals surface area (Å²) < 4.78 is 17.5. The maximum atomic E-state index is 13.4. The quantitative estimate of drug-likeness (QED) is 0.513. The Morgan fingerprint density at radius 1 is 1.09 bits per heavy atom. The molecular formula is C23H19N4O5S+. The molecule has 0 spiro atoms. The summed E-state index contributed by atoms with van der Waals surface area (Å²) in [6.07, 6.45) is 1.77. The molecule has 2 aliphatic rings. The summed E-state index contributed by atoms with van der Waals surface area (Å²) in [6, 6.07) is 13.6. The van der Waals surface area contributed by atoms with E-state index in [1.165, 1.54) is 21.2 Å². The number of para-hydroxylation sites is 1. The smallest absolute Gasteiger partial charge is 0.497 e. The summed E-state index contributed by atoms with van der Waals surface area (Å²) >= 11 is 1.35. The van der Waals surface area contributed by atoms with E-state index >= 15 is 0 Å². The molecule has 0 fully saturated rings. The molecule has 33 heavy (non-hydrogen) atoms. The number of carbonyl (C=O) groups is 2. The van der Waals surface area contributed by atoms with E-state index in [-0.39, 0.29) is 18.3 Å². The number of imide groups is 1. The van der Waals surface area contributed by atoms with Crippen LogP contribution in [0.2, 0.25) is 0 Å². The second kappa shape index (κ2) is 8.55. The minimum Gasteiger partial charge on any atom is -0.497 e. The average molecular weight is 463 g/mol. The number of carbonyl (C=O) groups excluding carboxylic acids is 2. The second-order valence-corrected chi connectivity index (χ2v) is 8.21.